The van der Waals surface area contributed by atoms with Crippen LogP contribution in [0.3, 0.4) is 0 Å². The lowest BCUT2D eigenvalue weighted by atomic mass is 10.2. The Labute approximate surface area is 145 Å². The fourth-order valence-corrected chi connectivity index (χ4v) is 3.04. The maximum absolute atomic E-state index is 12.3. The number of hydrogen-bond acceptors (Lipinski definition) is 6. The van der Waals surface area contributed by atoms with Crippen LogP contribution in [0.25, 0.3) is 0 Å². The maximum atomic E-state index is 12.3. The Bertz CT molecular complexity index is 864. The lowest BCUT2D eigenvalue weighted by Gasteiger charge is -2.12. The molecule has 0 unspecified atom stereocenters. The molecule has 1 N–H and O–H groups in total. The number of rotatable bonds is 6. The average molecular weight is 363 g/mol. The number of methoxy groups -OCH3 is 1. The Kier molecular flexibility index (Phi) is 5.76. The van der Waals surface area contributed by atoms with Gasteiger partial charge in [0.1, 0.15) is 0 Å². The lowest BCUT2D eigenvalue weighted by Crippen LogP contribution is -2.25. The first kappa shape index (κ1) is 18.5. The monoisotopic (exact) mass is 363 g/mol. The summed E-state index contributed by atoms with van der Waals surface area (Å²) in [4.78, 5) is 23.5. The molecule has 0 aliphatic heterocycles. The van der Waals surface area contributed by atoms with Gasteiger partial charge in [-0.05, 0) is 37.3 Å². The van der Waals surface area contributed by atoms with E-state index in [0.717, 1.165) is 0 Å². The second-order valence-electron chi connectivity index (χ2n) is 5.07. The van der Waals surface area contributed by atoms with Crippen LogP contribution < -0.4 is 4.72 Å². The molecule has 0 fully saturated rings. The van der Waals surface area contributed by atoms with Gasteiger partial charge in [-0.25, -0.2) is 18.0 Å². The summed E-state index contributed by atoms with van der Waals surface area (Å²) in [7, 11) is -2.59. The van der Waals surface area contributed by atoms with E-state index in [1.165, 1.54) is 50.4 Å². The van der Waals surface area contributed by atoms with Crippen LogP contribution in [-0.4, -0.2) is 33.6 Å². The van der Waals surface area contributed by atoms with E-state index in [1.54, 1.807) is 18.2 Å². The molecule has 7 nitrogen and oxygen atoms in total. The van der Waals surface area contributed by atoms with E-state index in [1.807, 2.05) is 0 Å². The normalized spacial score (nSPS) is 12.1. The highest BCUT2D eigenvalue weighted by molar-refractivity contribution is 7.92. The minimum absolute atomic E-state index is 0.0993. The van der Waals surface area contributed by atoms with E-state index >= 15 is 0 Å². The molecule has 0 bridgehead atoms. The SMILES string of the molecule is COC(=O)[C@H](C)OC(=O)c1cccc(NS(=O)(=O)c2ccccc2)c1. The molecule has 0 heterocycles. The highest BCUT2D eigenvalue weighted by Gasteiger charge is 2.20. The molecule has 0 aromatic heterocycles. The fraction of sp³-hybridized carbons (Fsp3) is 0.176. The number of esters is 2. The van der Waals surface area contributed by atoms with Gasteiger partial charge in [-0.15, -0.1) is 0 Å². The summed E-state index contributed by atoms with van der Waals surface area (Å²) in [6.45, 7) is 1.38. The van der Waals surface area contributed by atoms with Gasteiger partial charge in [0.15, 0.2) is 6.10 Å². The smallest absolute Gasteiger partial charge is 0.346 e. The molecule has 132 valence electrons. The summed E-state index contributed by atoms with van der Waals surface area (Å²) in [5.74, 6) is -1.45. The molecule has 0 amide bonds. The van der Waals surface area contributed by atoms with Crippen LogP contribution in [0.15, 0.2) is 59.5 Å². The van der Waals surface area contributed by atoms with E-state index < -0.39 is 28.1 Å². The summed E-state index contributed by atoms with van der Waals surface area (Å²) in [5.41, 5.74) is 0.299. The molecule has 0 aliphatic rings. The number of benzene rings is 2. The minimum atomic E-state index is -3.77. The number of hydrogen-bond donors (Lipinski definition) is 1. The number of sulfonamides is 1. The molecule has 2 rings (SSSR count). The van der Waals surface area contributed by atoms with Crippen molar-refractivity contribution in [1.29, 1.82) is 0 Å². The minimum Gasteiger partial charge on any atom is -0.466 e. The topological polar surface area (TPSA) is 98.8 Å². The number of anilines is 1. The first-order chi connectivity index (χ1) is 11.8. The Morgan fingerprint density at radius 1 is 1.04 bits per heavy atom. The predicted molar refractivity (Wildman–Crippen MR) is 90.6 cm³/mol. The largest absolute Gasteiger partial charge is 0.466 e. The molecule has 0 saturated carbocycles. The Morgan fingerprint density at radius 3 is 2.36 bits per heavy atom. The zero-order chi connectivity index (χ0) is 18.4. The zero-order valence-corrected chi connectivity index (χ0v) is 14.4. The second-order valence-corrected chi connectivity index (χ2v) is 6.75. The number of carbonyl (C=O) groups excluding carboxylic acids is 2. The van der Waals surface area contributed by atoms with Gasteiger partial charge in [-0.2, -0.15) is 0 Å². The molecular weight excluding hydrogens is 346 g/mol. The van der Waals surface area contributed by atoms with Crippen LogP contribution >= 0.6 is 0 Å². The average Bonchev–Trinajstić information content (AvgIpc) is 2.61. The fourth-order valence-electron chi connectivity index (χ4n) is 1.97. The predicted octanol–water partition coefficient (Wildman–Crippen LogP) is 2.21. The van der Waals surface area contributed by atoms with Crippen molar-refractivity contribution >= 4 is 27.6 Å². The van der Waals surface area contributed by atoms with Gasteiger partial charge < -0.3 is 9.47 Å². The van der Waals surface area contributed by atoms with Crippen molar-refractivity contribution in [3.8, 4) is 0 Å². The first-order valence-corrected chi connectivity index (χ1v) is 8.78. The Hall–Kier alpha value is -2.87. The maximum Gasteiger partial charge on any atom is 0.346 e. The molecular formula is C17H17NO6S. The summed E-state index contributed by atoms with van der Waals surface area (Å²) in [5, 5.41) is 0. The van der Waals surface area contributed by atoms with E-state index in [2.05, 4.69) is 9.46 Å². The van der Waals surface area contributed by atoms with Gasteiger partial charge >= 0.3 is 11.9 Å². The molecule has 0 saturated heterocycles. The third-order valence-corrected chi connectivity index (χ3v) is 4.62. The van der Waals surface area contributed by atoms with Gasteiger partial charge in [0.2, 0.25) is 0 Å². The van der Waals surface area contributed by atoms with Crippen LogP contribution in [0.2, 0.25) is 0 Å². The van der Waals surface area contributed by atoms with Crippen molar-refractivity contribution in [2.45, 2.75) is 17.9 Å². The summed E-state index contributed by atoms with van der Waals surface area (Å²) in [6.07, 6.45) is -1.07. The van der Waals surface area contributed by atoms with E-state index in [4.69, 9.17) is 4.74 Å². The van der Waals surface area contributed by atoms with Gasteiger partial charge in [0.25, 0.3) is 10.0 Å². The third-order valence-electron chi connectivity index (χ3n) is 3.22. The third kappa shape index (κ3) is 4.80. The first-order valence-electron chi connectivity index (χ1n) is 7.30. The molecule has 0 radical (unpaired) electrons. The van der Waals surface area contributed by atoms with Gasteiger partial charge in [-0.3, -0.25) is 4.72 Å². The van der Waals surface area contributed by atoms with Crippen LogP contribution in [0.4, 0.5) is 5.69 Å². The Morgan fingerprint density at radius 2 is 1.72 bits per heavy atom. The van der Waals surface area contributed by atoms with Gasteiger partial charge in [0, 0.05) is 5.69 Å². The van der Waals surface area contributed by atoms with Crippen LogP contribution in [-0.2, 0) is 24.3 Å². The molecule has 8 heteroatoms. The van der Waals surface area contributed by atoms with Crippen LogP contribution in [0.5, 0.6) is 0 Å². The van der Waals surface area contributed by atoms with E-state index in [0.29, 0.717) is 0 Å². The zero-order valence-electron chi connectivity index (χ0n) is 13.6. The van der Waals surface area contributed by atoms with Crippen LogP contribution in [0.1, 0.15) is 17.3 Å². The van der Waals surface area contributed by atoms with Crippen molar-refractivity contribution in [3.05, 3.63) is 60.2 Å². The molecule has 2 aromatic carbocycles. The Balaban J connectivity index is 2.16. The summed E-state index contributed by atoms with van der Waals surface area (Å²) in [6, 6.07) is 13.6. The molecule has 0 aliphatic carbocycles. The van der Waals surface area contributed by atoms with Crippen molar-refractivity contribution in [1.82, 2.24) is 0 Å². The van der Waals surface area contributed by atoms with Gasteiger partial charge in [-0.1, -0.05) is 24.3 Å². The van der Waals surface area contributed by atoms with E-state index in [-0.39, 0.29) is 16.1 Å². The molecule has 2 aromatic rings. The van der Waals surface area contributed by atoms with Crippen molar-refractivity contribution in [2.24, 2.45) is 0 Å². The number of carbonyl (C=O) groups is 2. The summed E-state index contributed by atoms with van der Waals surface area (Å²) < 4.78 is 36.4. The summed E-state index contributed by atoms with van der Waals surface area (Å²) >= 11 is 0. The highest BCUT2D eigenvalue weighted by Crippen LogP contribution is 2.18. The van der Waals surface area contributed by atoms with Crippen molar-refractivity contribution < 1.29 is 27.5 Å². The lowest BCUT2D eigenvalue weighted by molar-refractivity contribution is -0.149. The molecule has 0 spiro atoms. The van der Waals surface area contributed by atoms with Crippen LogP contribution in [0, 0.1) is 0 Å². The standard InChI is InChI=1S/C17H17NO6S/c1-12(16(19)23-2)24-17(20)13-7-6-8-14(11-13)18-25(21,22)15-9-4-3-5-10-15/h3-12,18H,1-2H3/t12-/m0/s1. The second kappa shape index (κ2) is 7.80. The molecule has 25 heavy (non-hydrogen) atoms. The highest BCUT2D eigenvalue weighted by atomic mass is 32.2. The molecule has 1 atom stereocenters. The number of ether oxygens (including phenoxy) is 2. The van der Waals surface area contributed by atoms with E-state index in [9.17, 15) is 18.0 Å². The van der Waals surface area contributed by atoms with Crippen molar-refractivity contribution in [3.63, 3.8) is 0 Å². The number of nitrogens with one attached hydrogen (secondary N) is 1. The van der Waals surface area contributed by atoms with Gasteiger partial charge in [0.05, 0.1) is 17.6 Å². The van der Waals surface area contributed by atoms with Crippen molar-refractivity contribution in [2.75, 3.05) is 11.8 Å². The quantitative estimate of drug-likeness (QED) is 0.790.